The monoisotopic (exact) mass is 358 g/mol. The fourth-order valence-electron chi connectivity index (χ4n) is 2.05. The number of rotatable bonds is 8. The lowest BCUT2D eigenvalue weighted by Gasteiger charge is -2.21. The van der Waals surface area contributed by atoms with Gasteiger partial charge in [0.25, 0.3) is 0 Å². The molecule has 1 rings (SSSR count). The molecule has 26 heavy (non-hydrogen) atoms. The number of benzene rings is 1. The molecule has 3 N–H and O–H groups in total. The van der Waals surface area contributed by atoms with Gasteiger partial charge in [0, 0.05) is 11.4 Å². The van der Waals surface area contributed by atoms with E-state index in [0.29, 0.717) is 5.69 Å². The van der Waals surface area contributed by atoms with Gasteiger partial charge in [0.1, 0.15) is 12.0 Å². The first-order valence-corrected chi connectivity index (χ1v) is 8.02. The molecule has 2 amide bonds. The van der Waals surface area contributed by atoms with Gasteiger partial charge in [0.05, 0.1) is 6.07 Å². The summed E-state index contributed by atoms with van der Waals surface area (Å²) < 4.78 is 4.93. The molecule has 0 heterocycles. The van der Waals surface area contributed by atoms with Crippen molar-refractivity contribution in [1.82, 2.24) is 5.32 Å². The molecule has 0 saturated carbocycles. The van der Waals surface area contributed by atoms with Crippen LogP contribution in [0.5, 0.6) is 0 Å². The Labute approximate surface area is 152 Å². The minimum absolute atomic E-state index is 0.116. The molecule has 0 aliphatic carbocycles. The molecule has 0 unspecified atom stereocenters. The highest BCUT2D eigenvalue weighted by atomic mass is 16.5. The number of hydrogen-bond donors (Lipinski definition) is 3. The van der Waals surface area contributed by atoms with E-state index in [1.165, 1.54) is 6.92 Å². The predicted molar refractivity (Wildman–Crippen MR) is 95.7 cm³/mol. The van der Waals surface area contributed by atoms with Crippen molar-refractivity contribution in [2.24, 2.45) is 11.8 Å². The van der Waals surface area contributed by atoms with Gasteiger partial charge >= 0.3 is 12.0 Å². The standard InChI is InChI=1S/C18H22N4O4/c1-11(2)16(22-18(25)21-13-7-5-4-6-8-13)17(24)26-10-15(23)14(9-19)12(3)20/h4-8,11,14,16,20H,10H2,1-3H3,(H2,21,22,25)/t14-,16-/m1/s1. The van der Waals surface area contributed by atoms with Crippen molar-refractivity contribution in [2.75, 3.05) is 11.9 Å². The van der Waals surface area contributed by atoms with Gasteiger partial charge in [-0.25, -0.2) is 9.59 Å². The molecule has 0 fully saturated rings. The Morgan fingerprint density at radius 2 is 1.85 bits per heavy atom. The molecule has 1 aromatic carbocycles. The van der Waals surface area contributed by atoms with E-state index in [9.17, 15) is 14.4 Å². The van der Waals surface area contributed by atoms with Gasteiger partial charge in [-0.2, -0.15) is 5.26 Å². The number of urea groups is 1. The fourth-order valence-corrected chi connectivity index (χ4v) is 2.05. The highest BCUT2D eigenvalue weighted by Gasteiger charge is 2.28. The smallest absolute Gasteiger partial charge is 0.329 e. The van der Waals surface area contributed by atoms with E-state index in [4.69, 9.17) is 15.4 Å². The second-order valence-corrected chi connectivity index (χ2v) is 6.01. The molecule has 0 bridgehead atoms. The molecule has 1 aromatic rings. The van der Waals surface area contributed by atoms with Crippen LogP contribution in [-0.2, 0) is 14.3 Å². The number of carbonyl (C=O) groups excluding carboxylic acids is 3. The van der Waals surface area contributed by atoms with Crippen LogP contribution in [0.25, 0.3) is 0 Å². The molecule has 138 valence electrons. The minimum atomic E-state index is -1.24. The Kier molecular flexibility index (Phi) is 7.96. The van der Waals surface area contributed by atoms with E-state index in [1.807, 2.05) is 0 Å². The van der Waals surface area contributed by atoms with Gasteiger partial charge in [-0.1, -0.05) is 32.0 Å². The second kappa shape index (κ2) is 9.93. The summed E-state index contributed by atoms with van der Waals surface area (Å²) >= 11 is 0. The third-order valence-electron chi connectivity index (χ3n) is 3.48. The van der Waals surface area contributed by atoms with Crippen molar-refractivity contribution in [2.45, 2.75) is 26.8 Å². The average molecular weight is 358 g/mol. The van der Waals surface area contributed by atoms with Crippen molar-refractivity contribution in [3.8, 4) is 6.07 Å². The number of carbonyl (C=O) groups is 3. The summed E-state index contributed by atoms with van der Waals surface area (Å²) in [6.07, 6.45) is 0. The third kappa shape index (κ3) is 6.36. The summed E-state index contributed by atoms with van der Waals surface area (Å²) in [5.41, 5.74) is 0.448. The van der Waals surface area contributed by atoms with Crippen LogP contribution in [-0.4, -0.2) is 36.1 Å². The summed E-state index contributed by atoms with van der Waals surface area (Å²) in [6.45, 7) is 4.14. The number of Topliss-reactive ketones (excluding diaryl/α,β-unsaturated/α-hetero) is 1. The van der Waals surface area contributed by atoms with Crippen LogP contribution < -0.4 is 10.6 Å². The van der Waals surface area contributed by atoms with Gasteiger partial charge in [-0.05, 0) is 25.0 Å². The Morgan fingerprint density at radius 1 is 1.23 bits per heavy atom. The number of esters is 1. The summed E-state index contributed by atoms with van der Waals surface area (Å²) in [7, 11) is 0. The maximum atomic E-state index is 12.2. The highest BCUT2D eigenvalue weighted by Crippen LogP contribution is 2.08. The summed E-state index contributed by atoms with van der Waals surface area (Å²) in [5.74, 6) is -2.98. The van der Waals surface area contributed by atoms with Crippen LogP contribution in [0.15, 0.2) is 30.3 Å². The van der Waals surface area contributed by atoms with Gasteiger partial charge in [0.15, 0.2) is 12.4 Å². The second-order valence-electron chi connectivity index (χ2n) is 6.01. The van der Waals surface area contributed by atoms with Gasteiger partial charge < -0.3 is 20.8 Å². The zero-order valence-electron chi connectivity index (χ0n) is 14.9. The number of nitrogens with zero attached hydrogens (tertiary/aromatic N) is 1. The van der Waals surface area contributed by atoms with Crippen LogP contribution in [0.3, 0.4) is 0 Å². The van der Waals surface area contributed by atoms with Crippen LogP contribution in [0.4, 0.5) is 10.5 Å². The first kappa shape index (κ1) is 20.8. The topological polar surface area (TPSA) is 132 Å². The zero-order valence-corrected chi connectivity index (χ0v) is 14.9. The number of nitriles is 1. The maximum absolute atomic E-state index is 12.2. The SMILES string of the molecule is CC(=N)[C@@H](C#N)C(=O)COC(=O)[C@H](NC(=O)Nc1ccccc1)C(C)C. The quantitative estimate of drug-likeness (QED) is 0.484. The first-order chi connectivity index (χ1) is 12.3. The van der Waals surface area contributed by atoms with E-state index in [0.717, 1.165) is 0 Å². The highest BCUT2D eigenvalue weighted by molar-refractivity contribution is 6.06. The largest absolute Gasteiger partial charge is 0.456 e. The van der Waals surface area contributed by atoms with Gasteiger partial charge in [-0.3, -0.25) is 4.79 Å². The molecule has 0 spiro atoms. The zero-order chi connectivity index (χ0) is 19.7. The number of ketones is 1. The summed E-state index contributed by atoms with van der Waals surface area (Å²) in [6, 6.07) is 8.86. The minimum Gasteiger partial charge on any atom is -0.456 e. The Hall–Kier alpha value is -3.21. The van der Waals surface area contributed by atoms with Crippen LogP contribution in [0, 0.1) is 28.6 Å². The van der Waals surface area contributed by atoms with Crippen molar-refractivity contribution in [1.29, 1.82) is 10.7 Å². The van der Waals surface area contributed by atoms with Crippen LogP contribution in [0.2, 0.25) is 0 Å². The Morgan fingerprint density at radius 3 is 2.35 bits per heavy atom. The number of para-hydroxylation sites is 1. The lowest BCUT2D eigenvalue weighted by atomic mass is 10.0. The van der Waals surface area contributed by atoms with Gasteiger partial charge in [-0.15, -0.1) is 0 Å². The predicted octanol–water partition coefficient (Wildman–Crippen LogP) is 2.12. The summed E-state index contributed by atoms with van der Waals surface area (Å²) in [5, 5.41) is 21.3. The van der Waals surface area contributed by atoms with Crippen molar-refractivity contribution < 1.29 is 19.1 Å². The van der Waals surface area contributed by atoms with E-state index in [-0.39, 0.29) is 11.6 Å². The molecule has 0 radical (unpaired) electrons. The van der Waals surface area contributed by atoms with Gasteiger partial charge in [0.2, 0.25) is 0 Å². The fraction of sp³-hybridized carbons (Fsp3) is 0.389. The summed E-state index contributed by atoms with van der Waals surface area (Å²) in [4.78, 5) is 36.1. The van der Waals surface area contributed by atoms with Crippen molar-refractivity contribution in [3.05, 3.63) is 30.3 Å². The van der Waals surface area contributed by atoms with Crippen LogP contribution in [0.1, 0.15) is 20.8 Å². The van der Waals surface area contributed by atoms with E-state index >= 15 is 0 Å². The molecule has 8 nitrogen and oxygen atoms in total. The van der Waals surface area contributed by atoms with Crippen molar-refractivity contribution >= 4 is 29.2 Å². The third-order valence-corrected chi connectivity index (χ3v) is 3.48. The first-order valence-electron chi connectivity index (χ1n) is 8.02. The number of hydrogen-bond acceptors (Lipinski definition) is 6. The molecular formula is C18H22N4O4. The molecule has 0 aromatic heterocycles. The van der Waals surface area contributed by atoms with E-state index in [2.05, 4.69) is 10.6 Å². The van der Waals surface area contributed by atoms with Crippen molar-refractivity contribution in [3.63, 3.8) is 0 Å². The number of amides is 2. The van der Waals surface area contributed by atoms with E-state index < -0.39 is 36.4 Å². The molecule has 8 heteroatoms. The number of anilines is 1. The number of nitrogens with one attached hydrogen (secondary N) is 3. The molecule has 2 atom stereocenters. The van der Waals surface area contributed by atoms with E-state index in [1.54, 1.807) is 50.2 Å². The average Bonchev–Trinajstić information content (AvgIpc) is 2.58. The Balaban J connectivity index is 2.64. The molecule has 0 saturated heterocycles. The lowest BCUT2D eigenvalue weighted by molar-refractivity contribution is -0.151. The molecule has 0 aliphatic rings. The number of ether oxygens (including phenoxy) is 1. The molecule has 0 aliphatic heterocycles. The maximum Gasteiger partial charge on any atom is 0.329 e. The van der Waals surface area contributed by atoms with Crippen LogP contribution >= 0.6 is 0 Å². The lowest BCUT2D eigenvalue weighted by Crippen LogP contribution is -2.47. The Bertz CT molecular complexity index is 710. The normalized spacial score (nSPS) is 12.4. The molecular weight excluding hydrogens is 336 g/mol.